The zero-order chi connectivity index (χ0) is 21.8. The number of rotatable bonds is 6. The van der Waals surface area contributed by atoms with Gasteiger partial charge >= 0.3 is 0 Å². The quantitative estimate of drug-likeness (QED) is 0.617. The van der Waals surface area contributed by atoms with Crippen LogP contribution in [0.15, 0.2) is 76.3 Å². The van der Waals surface area contributed by atoms with E-state index in [-0.39, 0.29) is 22.6 Å². The summed E-state index contributed by atoms with van der Waals surface area (Å²) in [6, 6.07) is 20.4. The van der Waals surface area contributed by atoms with Crippen LogP contribution in [0.4, 0.5) is 5.69 Å². The molecule has 1 N–H and O–H groups in total. The highest BCUT2D eigenvalue weighted by atomic mass is 32.2. The largest absolute Gasteiger partial charge is 0.333 e. The topological polar surface area (TPSA) is 69.7 Å². The van der Waals surface area contributed by atoms with Gasteiger partial charge < -0.3 is 9.80 Å². The molecule has 31 heavy (non-hydrogen) atoms. The Bertz CT molecular complexity index is 1110. The lowest BCUT2D eigenvalue weighted by Gasteiger charge is -2.40. The third-order valence-corrected chi connectivity index (χ3v) is 8.19. The molecule has 0 saturated carbocycles. The second kappa shape index (κ2) is 9.21. The van der Waals surface area contributed by atoms with Crippen molar-refractivity contribution in [3.8, 4) is 0 Å². The van der Waals surface area contributed by atoms with Crippen molar-refractivity contribution >= 4 is 33.0 Å². The molecule has 1 aliphatic rings. The fourth-order valence-electron chi connectivity index (χ4n) is 3.77. The number of sulfonamides is 1. The van der Waals surface area contributed by atoms with Gasteiger partial charge in [-0.1, -0.05) is 48.5 Å². The van der Waals surface area contributed by atoms with Crippen LogP contribution >= 0.6 is 11.3 Å². The van der Waals surface area contributed by atoms with Gasteiger partial charge in [-0.2, -0.15) is 0 Å². The average molecular weight is 456 g/mol. The van der Waals surface area contributed by atoms with Crippen molar-refractivity contribution in [3.05, 3.63) is 83.2 Å². The molecule has 1 aliphatic heterocycles. The number of carbonyl (C=O) groups is 1. The van der Waals surface area contributed by atoms with Crippen LogP contribution in [0.2, 0.25) is 0 Å². The second-order valence-electron chi connectivity index (χ2n) is 7.69. The van der Waals surface area contributed by atoms with Gasteiger partial charge in [0.2, 0.25) is 5.91 Å². The van der Waals surface area contributed by atoms with Gasteiger partial charge in [-0.25, -0.2) is 8.42 Å². The molecule has 4 rings (SSSR count). The van der Waals surface area contributed by atoms with Crippen molar-refractivity contribution in [2.75, 3.05) is 31.4 Å². The minimum atomic E-state index is -3.58. The minimum Gasteiger partial charge on any atom is -0.333 e. The standard InChI is InChI=1S/C23H25N3O3S2/c1-25-13-14-26(21(17-25)19-6-3-2-4-7-19)22(27)16-18-9-11-20(12-10-18)24-31(28,29)23-8-5-15-30-23/h2-12,15,21,24H,13-14,16-17H2,1H3/t21-/m1/s1. The molecule has 1 fully saturated rings. The highest BCUT2D eigenvalue weighted by Gasteiger charge is 2.30. The molecule has 0 unspecified atom stereocenters. The van der Waals surface area contributed by atoms with E-state index in [0.717, 1.165) is 24.2 Å². The molecule has 1 atom stereocenters. The Labute approximate surface area is 187 Å². The zero-order valence-electron chi connectivity index (χ0n) is 17.3. The highest BCUT2D eigenvalue weighted by Crippen LogP contribution is 2.26. The first kappa shape index (κ1) is 21.5. The van der Waals surface area contributed by atoms with Crippen LogP contribution in [-0.4, -0.2) is 50.8 Å². The van der Waals surface area contributed by atoms with Gasteiger partial charge in [-0.3, -0.25) is 9.52 Å². The first-order chi connectivity index (χ1) is 14.9. The van der Waals surface area contributed by atoms with Crippen molar-refractivity contribution in [3.63, 3.8) is 0 Å². The fraction of sp³-hybridized carbons (Fsp3) is 0.261. The molecule has 0 aliphatic carbocycles. The van der Waals surface area contributed by atoms with Crippen molar-refractivity contribution in [2.24, 2.45) is 0 Å². The maximum atomic E-state index is 13.1. The van der Waals surface area contributed by atoms with E-state index < -0.39 is 10.0 Å². The van der Waals surface area contributed by atoms with E-state index in [1.54, 1.807) is 41.8 Å². The molecule has 1 aromatic heterocycles. The van der Waals surface area contributed by atoms with Gasteiger partial charge in [-0.15, -0.1) is 11.3 Å². The van der Waals surface area contributed by atoms with Crippen molar-refractivity contribution < 1.29 is 13.2 Å². The highest BCUT2D eigenvalue weighted by molar-refractivity contribution is 7.94. The Morgan fingerprint density at radius 1 is 1.03 bits per heavy atom. The molecule has 0 spiro atoms. The number of nitrogens with zero attached hydrogens (tertiary/aromatic N) is 2. The number of piperazine rings is 1. The summed E-state index contributed by atoms with van der Waals surface area (Å²) in [5, 5.41) is 1.73. The van der Waals surface area contributed by atoms with Crippen LogP contribution in [0.5, 0.6) is 0 Å². The van der Waals surface area contributed by atoms with E-state index in [1.165, 1.54) is 11.3 Å². The molecule has 0 radical (unpaired) electrons. The molecule has 8 heteroatoms. The number of likely N-dealkylation sites (N-methyl/N-ethyl adjacent to an activating group) is 1. The Balaban J connectivity index is 1.44. The molecule has 162 valence electrons. The number of thiophene rings is 1. The Morgan fingerprint density at radius 2 is 1.77 bits per heavy atom. The predicted molar refractivity (Wildman–Crippen MR) is 124 cm³/mol. The summed E-state index contributed by atoms with van der Waals surface area (Å²) >= 11 is 1.17. The van der Waals surface area contributed by atoms with Gasteiger partial charge in [0.05, 0.1) is 12.5 Å². The number of amides is 1. The smallest absolute Gasteiger partial charge is 0.271 e. The lowest BCUT2D eigenvalue weighted by atomic mass is 10.0. The number of nitrogens with one attached hydrogen (secondary N) is 1. The van der Waals surface area contributed by atoms with E-state index in [2.05, 4.69) is 28.8 Å². The summed E-state index contributed by atoms with van der Waals surface area (Å²) in [6.45, 7) is 2.34. The number of hydrogen-bond donors (Lipinski definition) is 1. The Kier molecular flexibility index (Phi) is 6.41. The van der Waals surface area contributed by atoms with E-state index in [1.807, 2.05) is 23.1 Å². The van der Waals surface area contributed by atoms with E-state index in [0.29, 0.717) is 12.2 Å². The second-order valence-corrected chi connectivity index (χ2v) is 10.5. The Hall–Kier alpha value is -2.68. The van der Waals surface area contributed by atoms with Crippen LogP contribution in [0, 0.1) is 0 Å². The number of benzene rings is 2. The van der Waals surface area contributed by atoms with Crippen LogP contribution in [0.3, 0.4) is 0 Å². The van der Waals surface area contributed by atoms with Crippen LogP contribution < -0.4 is 4.72 Å². The number of anilines is 1. The molecule has 2 aromatic carbocycles. The van der Waals surface area contributed by atoms with Crippen LogP contribution in [0.1, 0.15) is 17.2 Å². The van der Waals surface area contributed by atoms with Crippen molar-refractivity contribution in [2.45, 2.75) is 16.7 Å². The summed E-state index contributed by atoms with van der Waals surface area (Å²) in [6.07, 6.45) is 0.283. The molecular formula is C23H25N3O3S2. The zero-order valence-corrected chi connectivity index (χ0v) is 18.9. The first-order valence-corrected chi connectivity index (χ1v) is 12.5. The van der Waals surface area contributed by atoms with Gasteiger partial charge in [-0.05, 0) is 41.8 Å². The normalized spacial score (nSPS) is 17.5. The fourth-order valence-corrected chi connectivity index (χ4v) is 5.82. The van der Waals surface area contributed by atoms with Crippen molar-refractivity contribution in [1.82, 2.24) is 9.80 Å². The van der Waals surface area contributed by atoms with E-state index >= 15 is 0 Å². The monoisotopic (exact) mass is 455 g/mol. The summed E-state index contributed by atoms with van der Waals surface area (Å²) < 4.78 is 27.6. The summed E-state index contributed by atoms with van der Waals surface area (Å²) in [5.41, 5.74) is 2.47. The number of hydrogen-bond acceptors (Lipinski definition) is 5. The van der Waals surface area contributed by atoms with Gasteiger partial charge in [0.15, 0.2) is 0 Å². The van der Waals surface area contributed by atoms with E-state index in [9.17, 15) is 13.2 Å². The molecule has 1 saturated heterocycles. The van der Waals surface area contributed by atoms with Crippen molar-refractivity contribution in [1.29, 1.82) is 0 Å². The minimum absolute atomic E-state index is 0.0318. The molecular weight excluding hydrogens is 430 g/mol. The van der Waals surface area contributed by atoms with Gasteiger partial charge in [0.1, 0.15) is 4.21 Å². The predicted octanol–water partition coefficient (Wildman–Crippen LogP) is 3.61. The molecule has 2 heterocycles. The molecule has 1 amide bonds. The Morgan fingerprint density at radius 3 is 2.45 bits per heavy atom. The lowest BCUT2D eigenvalue weighted by molar-refractivity contribution is -0.135. The average Bonchev–Trinajstić information content (AvgIpc) is 3.31. The summed E-state index contributed by atoms with van der Waals surface area (Å²) in [4.78, 5) is 17.3. The molecule has 0 bridgehead atoms. The van der Waals surface area contributed by atoms with Crippen LogP contribution in [0.25, 0.3) is 0 Å². The van der Waals surface area contributed by atoms with Gasteiger partial charge in [0, 0.05) is 25.3 Å². The number of carbonyl (C=O) groups excluding carboxylic acids is 1. The molecule has 6 nitrogen and oxygen atoms in total. The summed E-state index contributed by atoms with van der Waals surface area (Å²) in [5.74, 6) is 0.0777. The third kappa shape index (κ3) is 5.15. The third-order valence-electron chi connectivity index (χ3n) is 5.41. The van der Waals surface area contributed by atoms with Crippen LogP contribution in [-0.2, 0) is 21.2 Å². The first-order valence-electron chi connectivity index (χ1n) is 10.1. The van der Waals surface area contributed by atoms with E-state index in [4.69, 9.17) is 0 Å². The molecule has 3 aromatic rings. The lowest BCUT2D eigenvalue weighted by Crippen LogP contribution is -2.49. The summed E-state index contributed by atoms with van der Waals surface area (Å²) in [7, 11) is -1.50. The maximum absolute atomic E-state index is 13.1. The maximum Gasteiger partial charge on any atom is 0.271 e. The SMILES string of the molecule is CN1CCN(C(=O)Cc2ccc(NS(=O)(=O)c3cccs3)cc2)[C@@H](c2ccccc2)C1. The van der Waals surface area contributed by atoms with Gasteiger partial charge in [0.25, 0.3) is 10.0 Å².